The van der Waals surface area contributed by atoms with E-state index in [0.717, 1.165) is 56.0 Å². The molecule has 32 heavy (non-hydrogen) atoms. The van der Waals surface area contributed by atoms with Gasteiger partial charge in [0.05, 0.1) is 5.69 Å². The number of hydrogen-bond donors (Lipinski definition) is 2. The van der Waals surface area contributed by atoms with E-state index in [0.29, 0.717) is 18.5 Å². The Labute approximate surface area is 191 Å². The normalized spacial score (nSPS) is 19.2. The third-order valence-corrected chi connectivity index (χ3v) is 6.05. The Balaban J connectivity index is 1.24. The number of carbonyl (C=O) groups excluding carboxylic acids is 1. The minimum atomic E-state index is -0.452. The first-order valence-electron chi connectivity index (χ1n) is 12.0. The predicted octanol–water partition coefficient (Wildman–Crippen LogP) is 4.58. The zero-order valence-electron chi connectivity index (χ0n) is 19.9. The Hall–Kier alpha value is -2.41. The van der Waals surface area contributed by atoms with Crippen molar-refractivity contribution in [1.82, 2.24) is 25.2 Å². The van der Waals surface area contributed by atoms with Crippen LogP contribution in [0.25, 0.3) is 11.5 Å². The van der Waals surface area contributed by atoms with Crippen molar-refractivity contribution in [3.63, 3.8) is 0 Å². The Morgan fingerprint density at radius 2 is 2.06 bits per heavy atom. The lowest BCUT2D eigenvalue weighted by Gasteiger charge is -2.34. The van der Waals surface area contributed by atoms with Crippen LogP contribution in [0.5, 0.6) is 0 Å². The van der Waals surface area contributed by atoms with E-state index in [-0.39, 0.29) is 6.09 Å². The highest BCUT2D eigenvalue weighted by atomic mass is 16.6. The average Bonchev–Trinajstić information content (AvgIpc) is 3.52. The number of amides is 1. The van der Waals surface area contributed by atoms with E-state index in [1.807, 2.05) is 31.7 Å². The predicted molar refractivity (Wildman–Crippen MR) is 126 cm³/mol. The molecule has 4 rings (SSSR count). The lowest BCUT2D eigenvalue weighted by molar-refractivity contribution is 0.0188. The van der Waals surface area contributed by atoms with Crippen LogP contribution in [0.3, 0.4) is 0 Å². The van der Waals surface area contributed by atoms with E-state index in [2.05, 4.69) is 29.4 Å². The number of aryl methyl sites for hydroxylation is 2. The van der Waals surface area contributed by atoms with E-state index in [4.69, 9.17) is 14.7 Å². The number of nitrogens with zero attached hydrogens (tertiary/aromatic N) is 3. The van der Waals surface area contributed by atoms with Crippen LogP contribution in [0.2, 0.25) is 0 Å². The smallest absolute Gasteiger partial charge is 0.410 e. The lowest BCUT2D eigenvalue weighted by atomic mass is 10.1. The summed E-state index contributed by atoms with van der Waals surface area (Å²) in [6.45, 7) is 10.2. The summed E-state index contributed by atoms with van der Waals surface area (Å²) in [7, 11) is 0. The summed E-state index contributed by atoms with van der Waals surface area (Å²) >= 11 is 0. The molecule has 3 heterocycles. The van der Waals surface area contributed by atoms with Gasteiger partial charge in [0.2, 0.25) is 0 Å². The van der Waals surface area contributed by atoms with E-state index >= 15 is 0 Å². The summed E-state index contributed by atoms with van der Waals surface area (Å²) in [5.74, 6) is 1.52. The largest absolute Gasteiger partial charge is 0.444 e. The van der Waals surface area contributed by atoms with Crippen LogP contribution in [0, 0.1) is 6.92 Å². The number of hydrogen-bond acceptors (Lipinski definition) is 5. The Kier molecular flexibility index (Phi) is 6.84. The van der Waals surface area contributed by atoms with Crippen LogP contribution < -0.4 is 5.32 Å². The second kappa shape index (κ2) is 9.61. The second-order valence-corrected chi connectivity index (χ2v) is 10.2. The number of ether oxygens (including phenoxy) is 1. The number of aromatic amines is 1. The number of H-pyrrole nitrogens is 1. The molecule has 0 aromatic carbocycles. The highest BCUT2D eigenvalue weighted by Gasteiger charge is 2.29. The summed E-state index contributed by atoms with van der Waals surface area (Å²) in [4.78, 5) is 27.2. The molecule has 2 aliphatic rings. The number of pyridine rings is 1. The van der Waals surface area contributed by atoms with E-state index in [9.17, 15) is 4.79 Å². The van der Waals surface area contributed by atoms with Crippen molar-refractivity contribution in [3.05, 3.63) is 35.3 Å². The maximum Gasteiger partial charge on any atom is 0.410 e. The van der Waals surface area contributed by atoms with Gasteiger partial charge in [0, 0.05) is 36.4 Å². The van der Waals surface area contributed by atoms with Gasteiger partial charge in [-0.05, 0) is 84.9 Å². The highest BCUT2D eigenvalue weighted by molar-refractivity contribution is 5.68. The first kappa shape index (κ1) is 22.8. The molecule has 2 N–H and O–H groups in total. The topological polar surface area (TPSA) is 83.1 Å². The lowest BCUT2D eigenvalue weighted by Crippen LogP contribution is -2.49. The van der Waals surface area contributed by atoms with Gasteiger partial charge in [-0.2, -0.15) is 0 Å². The molecule has 1 unspecified atom stereocenters. The van der Waals surface area contributed by atoms with E-state index in [1.165, 1.54) is 24.2 Å². The van der Waals surface area contributed by atoms with Gasteiger partial charge in [-0.3, -0.25) is 0 Å². The SMILES string of the molecule is Cc1[nH]c(-c2cccc(CCCNC3CCCN(C(=O)OC(C)(C)C)C3)n2)nc1C1CC1. The number of nitrogens with one attached hydrogen (secondary N) is 2. The number of piperidine rings is 1. The van der Waals surface area contributed by atoms with E-state index in [1.54, 1.807) is 0 Å². The van der Waals surface area contributed by atoms with Crippen LogP contribution in [0.1, 0.15) is 75.9 Å². The molecule has 7 nitrogen and oxygen atoms in total. The highest BCUT2D eigenvalue weighted by Crippen LogP contribution is 2.41. The number of aromatic nitrogens is 3. The maximum atomic E-state index is 12.3. The molecule has 1 aliphatic carbocycles. The molecule has 1 amide bonds. The fourth-order valence-corrected chi connectivity index (χ4v) is 4.31. The third-order valence-electron chi connectivity index (χ3n) is 6.05. The van der Waals surface area contributed by atoms with Gasteiger partial charge in [-0.1, -0.05) is 6.07 Å². The van der Waals surface area contributed by atoms with Crippen LogP contribution in [0.4, 0.5) is 4.79 Å². The molecule has 2 aromatic heterocycles. The van der Waals surface area contributed by atoms with Crippen molar-refractivity contribution < 1.29 is 9.53 Å². The Morgan fingerprint density at radius 3 is 2.81 bits per heavy atom. The molecule has 0 radical (unpaired) electrons. The molecule has 1 aliphatic heterocycles. The molecule has 0 bridgehead atoms. The summed E-state index contributed by atoms with van der Waals surface area (Å²) in [5.41, 5.74) is 3.94. The van der Waals surface area contributed by atoms with Crippen LogP contribution in [-0.2, 0) is 11.2 Å². The summed E-state index contributed by atoms with van der Waals surface area (Å²) < 4.78 is 5.53. The minimum Gasteiger partial charge on any atom is -0.444 e. The molecule has 2 aromatic rings. The molecule has 0 spiro atoms. The number of likely N-dealkylation sites (tertiary alicyclic amines) is 1. The molecule has 1 atom stereocenters. The van der Waals surface area contributed by atoms with Gasteiger partial charge in [0.1, 0.15) is 11.3 Å². The quantitative estimate of drug-likeness (QED) is 0.617. The first-order chi connectivity index (χ1) is 15.3. The molecule has 1 saturated carbocycles. The van der Waals surface area contributed by atoms with Gasteiger partial charge in [0.25, 0.3) is 0 Å². The molecular weight excluding hydrogens is 402 g/mol. The summed E-state index contributed by atoms with van der Waals surface area (Å²) in [5, 5.41) is 3.62. The molecule has 2 fully saturated rings. The van der Waals surface area contributed by atoms with Gasteiger partial charge >= 0.3 is 6.09 Å². The fraction of sp³-hybridized carbons (Fsp3) is 0.640. The summed E-state index contributed by atoms with van der Waals surface area (Å²) in [6.07, 6.45) is 6.32. The first-order valence-corrected chi connectivity index (χ1v) is 12.0. The zero-order valence-corrected chi connectivity index (χ0v) is 19.9. The number of rotatable bonds is 7. The van der Waals surface area contributed by atoms with Gasteiger partial charge < -0.3 is 19.9 Å². The monoisotopic (exact) mass is 439 g/mol. The second-order valence-electron chi connectivity index (χ2n) is 10.2. The average molecular weight is 440 g/mol. The van der Waals surface area contributed by atoms with Crippen molar-refractivity contribution in [3.8, 4) is 11.5 Å². The Morgan fingerprint density at radius 1 is 1.25 bits per heavy atom. The van der Waals surface area contributed by atoms with Crippen LogP contribution >= 0.6 is 0 Å². The number of carbonyl (C=O) groups is 1. The van der Waals surface area contributed by atoms with Crippen molar-refractivity contribution in [2.75, 3.05) is 19.6 Å². The van der Waals surface area contributed by atoms with Crippen molar-refractivity contribution in [2.45, 2.75) is 83.8 Å². The maximum absolute atomic E-state index is 12.3. The molecule has 1 saturated heterocycles. The van der Waals surface area contributed by atoms with Crippen LogP contribution in [0.15, 0.2) is 18.2 Å². The Bertz CT molecular complexity index is 929. The van der Waals surface area contributed by atoms with Crippen molar-refractivity contribution in [1.29, 1.82) is 0 Å². The van der Waals surface area contributed by atoms with Gasteiger partial charge in [0.15, 0.2) is 5.82 Å². The van der Waals surface area contributed by atoms with Crippen LogP contribution in [-0.4, -0.2) is 57.2 Å². The zero-order chi connectivity index (χ0) is 22.7. The van der Waals surface area contributed by atoms with E-state index < -0.39 is 5.60 Å². The number of imidazole rings is 1. The molecule has 174 valence electrons. The van der Waals surface area contributed by atoms with Gasteiger partial charge in [-0.15, -0.1) is 0 Å². The fourth-order valence-electron chi connectivity index (χ4n) is 4.31. The van der Waals surface area contributed by atoms with Crippen molar-refractivity contribution >= 4 is 6.09 Å². The third kappa shape index (κ3) is 6.09. The minimum absolute atomic E-state index is 0.206. The van der Waals surface area contributed by atoms with Crippen molar-refractivity contribution in [2.24, 2.45) is 0 Å². The molecule has 7 heteroatoms. The molecular formula is C25H37N5O2. The van der Waals surface area contributed by atoms with Gasteiger partial charge in [-0.25, -0.2) is 14.8 Å². The standard InChI is InChI=1S/C25H37N5O2/c1-17-22(18-12-13-18)29-23(27-17)21-11-5-8-19(28-21)9-6-14-26-20-10-7-15-30(16-20)24(31)32-25(2,3)4/h5,8,11,18,20,26H,6-7,9-10,12-16H2,1-4H3,(H,27,29). The summed E-state index contributed by atoms with van der Waals surface area (Å²) in [6, 6.07) is 6.51.